The van der Waals surface area contributed by atoms with Gasteiger partial charge in [0.2, 0.25) is 0 Å². The minimum absolute atomic E-state index is 0.189. The maximum atomic E-state index is 12.3. The Bertz CT molecular complexity index is 1140. The molecule has 0 radical (unpaired) electrons. The minimum Gasteiger partial charge on any atom is -0.322 e. The molecule has 0 bridgehead atoms. The minimum atomic E-state index is -0.189. The van der Waals surface area contributed by atoms with Gasteiger partial charge in [0.1, 0.15) is 5.01 Å². The van der Waals surface area contributed by atoms with Crippen LogP contribution >= 0.6 is 22.9 Å². The van der Waals surface area contributed by atoms with E-state index in [-0.39, 0.29) is 5.91 Å². The topological polar surface area (TPSA) is 42.0 Å². The molecule has 0 fully saturated rings. The molecule has 0 spiro atoms. The van der Waals surface area contributed by atoms with Gasteiger partial charge in [-0.1, -0.05) is 54.1 Å². The number of hydrogen-bond donors (Lipinski definition) is 1. The molecule has 0 saturated carbocycles. The van der Waals surface area contributed by atoms with Crippen molar-refractivity contribution in [2.75, 3.05) is 5.32 Å². The molecule has 0 aliphatic rings. The Morgan fingerprint density at radius 1 is 1.00 bits per heavy atom. The first-order chi connectivity index (χ1) is 13.6. The number of rotatable bonds is 4. The highest BCUT2D eigenvalue weighted by Gasteiger charge is 2.10. The largest absolute Gasteiger partial charge is 0.322 e. The van der Waals surface area contributed by atoms with Crippen LogP contribution in [0.15, 0.2) is 78.2 Å². The number of halogens is 1. The number of aromatic nitrogens is 1. The molecule has 1 N–H and O–H groups in total. The highest BCUT2D eigenvalue weighted by atomic mass is 35.5. The third kappa shape index (κ3) is 3.98. The molecule has 5 heteroatoms. The maximum Gasteiger partial charge on any atom is 0.255 e. The van der Waals surface area contributed by atoms with Gasteiger partial charge < -0.3 is 5.32 Å². The second kappa shape index (κ2) is 7.97. The zero-order valence-corrected chi connectivity index (χ0v) is 16.7. The molecule has 1 amide bonds. The Balaban J connectivity index is 1.51. The van der Waals surface area contributed by atoms with Gasteiger partial charge in [0, 0.05) is 32.8 Å². The maximum absolute atomic E-state index is 12.3. The summed E-state index contributed by atoms with van der Waals surface area (Å²) in [6, 6.07) is 22.8. The molecule has 138 valence electrons. The molecular weight excluding hydrogens is 388 g/mol. The highest BCUT2D eigenvalue weighted by molar-refractivity contribution is 7.13. The van der Waals surface area contributed by atoms with Crippen LogP contribution in [0.5, 0.6) is 0 Å². The molecule has 1 aromatic heterocycles. The monoisotopic (exact) mass is 404 g/mol. The normalized spacial score (nSPS) is 10.6. The van der Waals surface area contributed by atoms with Gasteiger partial charge in [-0.2, -0.15) is 0 Å². The number of aryl methyl sites for hydroxylation is 1. The third-order valence-electron chi connectivity index (χ3n) is 4.40. The van der Waals surface area contributed by atoms with Gasteiger partial charge in [0.25, 0.3) is 5.91 Å². The fourth-order valence-corrected chi connectivity index (χ4v) is 4.01. The first-order valence-corrected chi connectivity index (χ1v) is 10.0. The van der Waals surface area contributed by atoms with Crippen molar-refractivity contribution >= 4 is 34.5 Å². The standard InChI is InChI=1S/C23H17ClN2OS/c1-15-5-2-3-8-20(15)23-26-21(14-28-23)16-9-11-19(12-10-16)25-22(27)17-6-4-7-18(24)13-17/h2-14H,1H3,(H,25,27). The summed E-state index contributed by atoms with van der Waals surface area (Å²) >= 11 is 7.58. The van der Waals surface area contributed by atoms with Crippen molar-refractivity contribution < 1.29 is 4.79 Å². The van der Waals surface area contributed by atoms with E-state index in [4.69, 9.17) is 16.6 Å². The first kappa shape index (κ1) is 18.4. The predicted molar refractivity (Wildman–Crippen MR) is 117 cm³/mol. The van der Waals surface area contributed by atoms with E-state index in [2.05, 4.69) is 29.8 Å². The fourth-order valence-electron chi connectivity index (χ4n) is 2.90. The van der Waals surface area contributed by atoms with Gasteiger partial charge in [-0.25, -0.2) is 4.98 Å². The van der Waals surface area contributed by atoms with Crippen LogP contribution < -0.4 is 5.32 Å². The molecule has 3 nitrogen and oxygen atoms in total. The van der Waals surface area contributed by atoms with Crippen LogP contribution in [0, 0.1) is 6.92 Å². The van der Waals surface area contributed by atoms with Gasteiger partial charge in [0.15, 0.2) is 0 Å². The number of carbonyl (C=O) groups is 1. The quantitative estimate of drug-likeness (QED) is 0.411. The molecular formula is C23H17ClN2OS. The highest BCUT2D eigenvalue weighted by Crippen LogP contribution is 2.31. The SMILES string of the molecule is Cc1ccccc1-c1nc(-c2ccc(NC(=O)c3cccc(Cl)c3)cc2)cs1. The van der Waals surface area contributed by atoms with Crippen molar-refractivity contribution in [2.45, 2.75) is 6.92 Å². The fraction of sp³-hybridized carbons (Fsp3) is 0.0435. The van der Waals surface area contributed by atoms with Gasteiger partial charge in [-0.3, -0.25) is 4.79 Å². The molecule has 1 heterocycles. The van der Waals surface area contributed by atoms with E-state index in [0.29, 0.717) is 10.6 Å². The molecule has 0 aliphatic heterocycles. The van der Waals surface area contributed by atoms with Crippen molar-refractivity contribution in [1.29, 1.82) is 0 Å². The third-order valence-corrected chi connectivity index (χ3v) is 5.52. The van der Waals surface area contributed by atoms with E-state index in [0.717, 1.165) is 27.5 Å². The van der Waals surface area contributed by atoms with E-state index >= 15 is 0 Å². The Morgan fingerprint density at radius 3 is 2.54 bits per heavy atom. The van der Waals surface area contributed by atoms with Crippen molar-refractivity contribution in [3.63, 3.8) is 0 Å². The molecule has 0 unspecified atom stereocenters. The smallest absolute Gasteiger partial charge is 0.255 e. The lowest BCUT2D eigenvalue weighted by Crippen LogP contribution is -2.11. The number of hydrogen-bond acceptors (Lipinski definition) is 3. The first-order valence-electron chi connectivity index (χ1n) is 8.79. The molecule has 0 aliphatic carbocycles. The van der Waals surface area contributed by atoms with Crippen LogP contribution in [-0.2, 0) is 0 Å². The summed E-state index contributed by atoms with van der Waals surface area (Å²) in [5.74, 6) is -0.189. The molecule has 0 saturated heterocycles. The number of anilines is 1. The summed E-state index contributed by atoms with van der Waals surface area (Å²) < 4.78 is 0. The van der Waals surface area contributed by atoms with Crippen LogP contribution in [0.2, 0.25) is 5.02 Å². The van der Waals surface area contributed by atoms with Gasteiger partial charge in [-0.05, 0) is 42.8 Å². The number of nitrogens with one attached hydrogen (secondary N) is 1. The molecule has 3 aromatic carbocycles. The summed E-state index contributed by atoms with van der Waals surface area (Å²) in [6.45, 7) is 2.09. The zero-order chi connectivity index (χ0) is 19.5. The lowest BCUT2D eigenvalue weighted by atomic mass is 10.1. The second-order valence-corrected chi connectivity index (χ2v) is 7.69. The molecule has 28 heavy (non-hydrogen) atoms. The Hall–Kier alpha value is -2.95. The molecule has 4 rings (SSSR count). The summed E-state index contributed by atoms with van der Waals surface area (Å²) in [4.78, 5) is 17.1. The average molecular weight is 405 g/mol. The van der Waals surface area contributed by atoms with Crippen LogP contribution in [-0.4, -0.2) is 10.9 Å². The van der Waals surface area contributed by atoms with E-state index in [1.807, 2.05) is 36.4 Å². The second-order valence-electron chi connectivity index (χ2n) is 6.39. The molecule has 4 aromatic rings. The number of thiazole rings is 1. The average Bonchev–Trinajstić information content (AvgIpc) is 3.19. The van der Waals surface area contributed by atoms with Crippen LogP contribution in [0.4, 0.5) is 5.69 Å². The van der Waals surface area contributed by atoms with Gasteiger partial charge in [-0.15, -0.1) is 11.3 Å². The van der Waals surface area contributed by atoms with E-state index in [1.54, 1.807) is 35.6 Å². The van der Waals surface area contributed by atoms with Gasteiger partial charge in [0.05, 0.1) is 5.69 Å². The van der Waals surface area contributed by atoms with Crippen LogP contribution in [0.3, 0.4) is 0 Å². The van der Waals surface area contributed by atoms with Crippen LogP contribution in [0.1, 0.15) is 15.9 Å². The van der Waals surface area contributed by atoms with E-state index in [1.165, 1.54) is 5.56 Å². The van der Waals surface area contributed by atoms with Gasteiger partial charge >= 0.3 is 0 Å². The van der Waals surface area contributed by atoms with Crippen LogP contribution in [0.25, 0.3) is 21.8 Å². The zero-order valence-electron chi connectivity index (χ0n) is 15.1. The summed E-state index contributed by atoms with van der Waals surface area (Å²) in [7, 11) is 0. The molecule has 0 atom stereocenters. The number of nitrogens with zero attached hydrogens (tertiary/aromatic N) is 1. The Labute approximate surface area is 172 Å². The van der Waals surface area contributed by atoms with Crippen molar-refractivity contribution in [1.82, 2.24) is 4.98 Å². The van der Waals surface area contributed by atoms with Crippen molar-refractivity contribution in [3.8, 4) is 21.8 Å². The lowest BCUT2D eigenvalue weighted by molar-refractivity contribution is 0.102. The summed E-state index contributed by atoms with van der Waals surface area (Å²) in [6.07, 6.45) is 0. The number of carbonyl (C=O) groups excluding carboxylic acids is 1. The van der Waals surface area contributed by atoms with Crippen molar-refractivity contribution in [2.24, 2.45) is 0 Å². The Kier molecular flexibility index (Phi) is 5.24. The number of amides is 1. The number of benzene rings is 3. The predicted octanol–water partition coefficient (Wildman–Crippen LogP) is 6.69. The summed E-state index contributed by atoms with van der Waals surface area (Å²) in [5, 5.41) is 6.49. The lowest BCUT2D eigenvalue weighted by Gasteiger charge is -2.06. The van der Waals surface area contributed by atoms with Crippen molar-refractivity contribution in [3.05, 3.63) is 94.3 Å². The summed E-state index contributed by atoms with van der Waals surface area (Å²) in [5.41, 5.74) is 5.56. The van der Waals surface area contributed by atoms with E-state index < -0.39 is 0 Å². The Morgan fingerprint density at radius 2 is 1.79 bits per heavy atom. The van der Waals surface area contributed by atoms with E-state index in [9.17, 15) is 4.79 Å².